The third-order valence-electron chi connectivity index (χ3n) is 5.39. The van der Waals surface area contributed by atoms with Crippen molar-refractivity contribution in [3.05, 3.63) is 112 Å². The molecule has 1 amide bonds. The van der Waals surface area contributed by atoms with Crippen LogP contribution in [0.5, 0.6) is 0 Å². The number of benzene rings is 3. The zero-order valence-corrected chi connectivity index (χ0v) is 19.5. The van der Waals surface area contributed by atoms with Crippen LogP contribution in [-0.2, 0) is 11.3 Å². The molecule has 0 spiro atoms. The van der Waals surface area contributed by atoms with Crippen LogP contribution in [0.25, 0.3) is 33.1 Å². The van der Waals surface area contributed by atoms with E-state index in [0.29, 0.717) is 38.8 Å². The van der Waals surface area contributed by atoms with Crippen molar-refractivity contribution < 1.29 is 13.6 Å². The molecule has 0 fully saturated rings. The van der Waals surface area contributed by atoms with E-state index in [4.69, 9.17) is 0 Å². The van der Waals surface area contributed by atoms with Gasteiger partial charge in [0.25, 0.3) is 5.56 Å². The van der Waals surface area contributed by atoms with E-state index in [9.17, 15) is 18.4 Å². The second-order valence-corrected chi connectivity index (χ2v) is 8.69. The maximum absolute atomic E-state index is 14.2. The lowest BCUT2D eigenvalue weighted by molar-refractivity contribution is -0.117. The molecular weight excluding hydrogens is 482 g/mol. The summed E-state index contributed by atoms with van der Waals surface area (Å²) < 4.78 is 28.5. The van der Waals surface area contributed by atoms with Crippen LogP contribution in [0.15, 0.2) is 95.1 Å². The van der Waals surface area contributed by atoms with Crippen LogP contribution < -0.4 is 10.9 Å². The SMILES string of the molecule is O=C(Cn1nc(-c2ccc(F)cc2)ccc1=O)Nc1ccccc1-c1csc(-c2ccccc2F)n1. The molecule has 3 aromatic carbocycles. The molecule has 9 heteroatoms. The van der Waals surface area contributed by atoms with Gasteiger partial charge in [0, 0.05) is 28.1 Å². The Balaban J connectivity index is 1.37. The Kier molecular flexibility index (Phi) is 6.46. The van der Waals surface area contributed by atoms with Crippen molar-refractivity contribution in [2.45, 2.75) is 6.54 Å². The molecule has 178 valence electrons. The Morgan fingerprint density at radius 3 is 2.36 bits per heavy atom. The summed E-state index contributed by atoms with van der Waals surface area (Å²) in [5, 5.41) is 9.39. The molecule has 36 heavy (non-hydrogen) atoms. The molecule has 5 rings (SSSR count). The van der Waals surface area contributed by atoms with Crippen molar-refractivity contribution in [1.82, 2.24) is 14.8 Å². The van der Waals surface area contributed by atoms with Crippen LogP contribution in [0.2, 0.25) is 0 Å². The van der Waals surface area contributed by atoms with E-state index in [1.54, 1.807) is 53.9 Å². The number of halogens is 2. The Morgan fingerprint density at radius 2 is 1.58 bits per heavy atom. The Labute approximate surface area is 208 Å². The van der Waals surface area contributed by atoms with E-state index in [2.05, 4.69) is 15.4 Å². The van der Waals surface area contributed by atoms with Gasteiger partial charge in [-0.05, 0) is 48.5 Å². The van der Waals surface area contributed by atoms with Crippen LogP contribution in [0, 0.1) is 11.6 Å². The monoisotopic (exact) mass is 500 g/mol. The Bertz CT molecular complexity index is 1610. The molecule has 2 heterocycles. The first-order valence-electron chi connectivity index (χ1n) is 10.9. The number of hydrogen-bond donors (Lipinski definition) is 1. The highest BCUT2D eigenvalue weighted by Gasteiger charge is 2.15. The third-order valence-corrected chi connectivity index (χ3v) is 6.26. The van der Waals surface area contributed by atoms with Crippen molar-refractivity contribution in [2.24, 2.45) is 0 Å². The maximum atomic E-state index is 14.2. The summed E-state index contributed by atoms with van der Waals surface area (Å²) in [6, 6.07) is 22.0. The number of anilines is 1. The van der Waals surface area contributed by atoms with E-state index in [-0.39, 0.29) is 18.2 Å². The second-order valence-electron chi connectivity index (χ2n) is 7.83. The molecule has 6 nitrogen and oxygen atoms in total. The van der Waals surface area contributed by atoms with Gasteiger partial charge in [0.1, 0.15) is 23.2 Å². The van der Waals surface area contributed by atoms with Crippen molar-refractivity contribution in [3.63, 3.8) is 0 Å². The molecule has 5 aromatic rings. The average Bonchev–Trinajstić information content (AvgIpc) is 3.36. The minimum Gasteiger partial charge on any atom is -0.324 e. The molecule has 0 unspecified atom stereocenters. The van der Waals surface area contributed by atoms with Crippen molar-refractivity contribution in [2.75, 3.05) is 5.32 Å². The number of amides is 1. The fourth-order valence-corrected chi connectivity index (χ4v) is 4.48. The highest BCUT2D eigenvalue weighted by Crippen LogP contribution is 2.33. The van der Waals surface area contributed by atoms with Gasteiger partial charge < -0.3 is 5.32 Å². The highest BCUT2D eigenvalue weighted by atomic mass is 32.1. The van der Waals surface area contributed by atoms with Crippen LogP contribution in [0.3, 0.4) is 0 Å². The Hall–Kier alpha value is -4.50. The standard InChI is InChI=1S/C27H18F2N4O2S/c28-18-11-9-17(10-12-18)22-13-14-26(35)33(32-22)15-25(34)30-23-8-4-2-6-20(23)24-16-36-27(31-24)19-5-1-3-7-21(19)29/h1-14,16H,15H2,(H,30,34). The number of nitrogens with one attached hydrogen (secondary N) is 1. The highest BCUT2D eigenvalue weighted by molar-refractivity contribution is 7.13. The summed E-state index contributed by atoms with van der Waals surface area (Å²) >= 11 is 1.30. The smallest absolute Gasteiger partial charge is 0.267 e. The molecule has 0 atom stereocenters. The molecule has 0 saturated heterocycles. The molecule has 0 aliphatic heterocycles. The predicted molar refractivity (Wildman–Crippen MR) is 135 cm³/mol. The molecule has 0 aliphatic carbocycles. The quantitative estimate of drug-likeness (QED) is 0.328. The fraction of sp³-hybridized carbons (Fsp3) is 0.0370. The minimum absolute atomic E-state index is 0.320. The summed E-state index contributed by atoms with van der Waals surface area (Å²) in [6.07, 6.45) is 0. The van der Waals surface area contributed by atoms with Gasteiger partial charge in [-0.3, -0.25) is 9.59 Å². The van der Waals surface area contributed by atoms with Crippen LogP contribution >= 0.6 is 11.3 Å². The van der Waals surface area contributed by atoms with Gasteiger partial charge in [-0.1, -0.05) is 30.3 Å². The largest absolute Gasteiger partial charge is 0.324 e. The van der Waals surface area contributed by atoms with Crippen molar-refractivity contribution in [3.8, 4) is 33.1 Å². The number of carbonyl (C=O) groups is 1. The molecule has 0 bridgehead atoms. The Morgan fingerprint density at radius 1 is 0.861 bits per heavy atom. The molecule has 0 radical (unpaired) electrons. The summed E-state index contributed by atoms with van der Waals surface area (Å²) in [5.74, 6) is -1.20. The first kappa shape index (κ1) is 23.3. The molecule has 1 N–H and O–H groups in total. The number of hydrogen-bond acceptors (Lipinski definition) is 5. The summed E-state index contributed by atoms with van der Waals surface area (Å²) in [7, 11) is 0. The van der Waals surface area contributed by atoms with E-state index in [1.165, 1.54) is 41.7 Å². The maximum Gasteiger partial charge on any atom is 0.267 e. The van der Waals surface area contributed by atoms with Crippen molar-refractivity contribution in [1.29, 1.82) is 0 Å². The summed E-state index contributed by atoms with van der Waals surface area (Å²) in [5.41, 5.74) is 2.75. The van der Waals surface area contributed by atoms with E-state index in [1.807, 2.05) is 6.07 Å². The first-order valence-corrected chi connectivity index (χ1v) is 11.8. The summed E-state index contributed by atoms with van der Waals surface area (Å²) in [4.78, 5) is 29.7. The van der Waals surface area contributed by atoms with E-state index >= 15 is 0 Å². The third kappa shape index (κ3) is 4.96. The lowest BCUT2D eigenvalue weighted by atomic mass is 10.1. The fourth-order valence-electron chi connectivity index (χ4n) is 3.63. The van der Waals surface area contributed by atoms with Crippen LogP contribution in [0.1, 0.15) is 0 Å². The van der Waals surface area contributed by atoms with Crippen molar-refractivity contribution >= 4 is 22.9 Å². The number of aromatic nitrogens is 3. The zero-order chi connectivity index (χ0) is 25.1. The zero-order valence-electron chi connectivity index (χ0n) is 18.7. The predicted octanol–water partition coefficient (Wildman–Crippen LogP) is 5.62. The number of para-hydroxylation sites is 1. The first-order chi connectivity index (χ1) is 17.5. The van der Waals surface area contributed by atoms with Gasteiger partial charge in [0.05, 0.1) is 17.1 Å². The normalized spacial score (nSPS) is 10.8. The summed E-state index contributed by atoms with van der Waals surface area (Å²) in [6.45, 7) is -0.320. The minimum atomic E-state index is -0.460. The lowest BCUT2D eigenvalue weighted by Crippen LogP contribution is -2.29. The number of nitrogens with zero attached hydrogens (tertiary/aromatic N) is 3. The average molecular weight is 501 g/mol. The lowest BCUT2D eigenvalue weighted by Gasteiger charge is -2.11. The van der Waals surface area contributed by atoms with E-state index in [0.717, 1.165) is 4.68 Å². The van der Waals surface area contributed by atoms with E-state index < -0.39 is 11.5 Å². The van der Waals surface area contributed by atoms with Crippen LogP contribution in [0.4, 0.5) is 14.5 Å². The van der Waals surface area contributed by atoms with Gasteiger partial charge in [-0.15, -0.1) is 11.3 Å². The number of rotatable bonds is 6. The number of thiazole rings is 1. The van der Waals surface area contributed by atoms with Gasteiger partial charge in [0.2, 0.25) is 5.91 Å². The van der Waals surface area contributed by atoms with Gasteiger partial charge >= 0.3 is 0 Å². The van der Waals surface area contributed by atoms with Gasteiger partial charge in [-0.25, -0.2) is 18.4 Å². The van der Waals surface area contributed by atoms with Crippen LogP contribution in [-0.4, -0.2) is 20.7 Å². The molecule has 0 saturated carbocycles. The molecular formula is C27H18F2N4O2S. The van der Waals surface area contributed by atoms with Gasteiger partial charge in [-0.2, -0.15) is 5.10 Å². The molecule has 2 aromatic heterocycles. The molecule has 0 aliphatic rings. The topological polar surface area (TPSA) is 76.9 Å². The number of carbonyl (C=O) groups excluding carboxylic acids is 1. The second kappa shape index (κ2) is 10.0. The van der Waals surface area contributed by atoms with Gasteiger partial charge in [0.15, 0.2) is 0 Å².